The Labute approximate surface area is 148 Å². The molecule has 1 aliphatic heterocycles. The van der Waals surface area contributed by atoms with Crippen LogP contribution in [0.5, 0.6) is 5.88 Å². The quantitative estimate of drug-likeness (QED) is 0.525. The molecule has 4 aromatic rings. The molecule has 0 bridgehead atoms. The lowest BCUT2D eigenvalue weighted by molar-refractivity contribution is 0.0904. The van der Waals surface area contributed by atoms with Gasteiger partial charge in [0.05, 0.1) is 11.9 Å². The van der Waals surface area contributed by atoms with E-state index in [0.29, 0.717) is 11.7 Å². The van der Waals surface area contributed by atoms with Gasteiger partial charge >= 0.3 is 0 Å². The predicted molar refractivity (Wildman–Crippen MR) is 97.2 cm³/mol. The number of nitrogens with one attached hydrogen (secondary N) is 2. The molecule has 3 aromatic heterocycles. The molecule has 132 valence electrons. The number of aromatic nitrogens is 5. The smallest absolute Gasteiger partial charge is 0.198 e. The van der Waals surface area contributed by atoms with Crippen LogP contribution in [0.15, 0.2) is 36.9 Å². The van der Waals surface area contributed by atoms with Crippen molar-refractivity contribution in [1.29, 1.82) is 0 Å². The molecule has 26 heavy (non-hydrogen) atoms. The second kappa shape index (κ2) is 5.99. The second-order valence-corrected chi connectivity index (χ2v) is 6.46. The topological polar surface area (TPSA) is 100 Å². The van der Waals surface area contributed by atoms with E-state index in [9.17, 15) is 5.11 Å². The van der Waals surface area contributed by atoms with Crippen molar-refractivity contribution in [1.82, 2.24) is 24.6 Å². The van der Waals surface area contributed by atoms with E-state index in [4.69, 9.17) is 4.74 Å². The van der Waals surface area contributed by atoms with Crippen molar-refractivity contribution in [2.24, 2.45) is 0 Å². The molecule has 0 spiro atoms. The van der Waals surface area contributed by atoms with Gasteiger partial charge in [0, 0.05) is 41.8 Å². The molecule has 1 saturated heterocycles. The highest BCUT2D eigenvalue weighted by Crippen LogP contribution is 2.29. The standard InChI is InChI=1S/C18H18N6O2/c25-18-14-2-1-11(7-12(14)8-20-18)15-9-19-16(17-21-10-22-24(15)17)23-13-3-5-26-6-4-13/h1-2,7-10,13,20,25H,3-6H2,(H,19,23). The van der Waals surface area contributed by atoms with E-state index in [0.717, 1.165) is 53.9 Å². The number of aromatic hydroxyl groups is 1. The maximum Gasteiger partial charge on any atom is 0.198 e. The molecule has 8 nitrogen and oxygen atoms in total. The van der Waals surface area contributed by atoms with Gasteiger partial charge in [-0.25, -0.2) is 14.5 Å². The van der Waals surface area contributed by atoms with Gasteiger partial charge in [0.15, 0.2) is 17.3 Å². The average molecular weight is 350 g/mol. The van der Waals surface area contributed by atoms with E-state index in [1.807, 2.05) is 18.2 Å². The minimum atomic E-state index is 0.173. The van der Waals surface area contributed by atoms with Crippen molar-refractivity contribution in [2.45, 2.75) is 18.9 Å². The monoisotopic (exact) mass is 350 g/mol. The number of aromatic amines is 1. The zero-order valence-electron chi connectivity index (χ0n) is 14.0. The minimum absolute atomic E-state index is 0.173. The lowest BCUT2D eigenvalue weighted by atomic mass is 10.1. The molecule has 3 N–H and O–H groups in total. The lowest BCUT2D eigenvalue weighted by Gasteiger charge is -2.23. The zero-order chi connectivity index (χ0) is 17.5. The Bertz CT molecular complexity index is 1080. The van der Waals surface area contributed by atoms with Gasteiger partial charge < -0.3 is 20.1 Å². The third-order valence-corrected chi connectivity index (χ3v) is 4.83. The summed E-state index contributed by atoms with van der Waals surface area (Å²) < 4.78 is 7.20. The van der Waals surface area contributed by atoms with Crippen LogP contribution < -0.4 is 5.32 Å². The Morgan fingerprint density at radius 1 is 1.23 bits per heavy atom. The summed E-state index contributed by atoms with van der Waals surface area (Å²) in [6.45, 7) is 1.53. The van der Waals surface area contributed by atoms with Gasteiger partial charge in [0.1, 0.15) is 6.33 Å². The minimum Gasteiger partial charge on any atom is -0.494 e. The molecule has 0 unspecified atom stereocenters. The Morgan fingerprint density at radius 2 is 2.12 bits per heavy atom. The SMILES string of the molecule is Oc1[nH]cc2cc(-c3cnc(NC4CCOCC4)c4ncnn34)ccc12. The highest BCUT2D eigenvalue weighted by atomic mass is 16.5. The lowest BCUT2D eigenvalue weighted by Crippen LogP contribution is -2.28. The molecule has 0 aliphatic carbocycles. The molecule has 1 aromatic carbocycles. The summed E-state index contributed by atoms with van der Waals surface area (Å²) in [5.41, 5.74) is 2.50. The molecule has 8 heteroatoms. The maximum absolute atomic E-state index is 9.79. The highest BCUT2D eigenvalue weighted by molar-refractivity contribution is 5.91. The normalized spacial score (nSPS) is 15.7. The van der Waals surface area contributed by atoms with Gasteiger partial charge in [0.2, 0.25) is 0 Å². The molecule has 0 radical (unpaired) electrons. The van der Waals surface area contributed by atoms with E-state index in [-0.39, 0.29) is 5.88 Å². The Balaban J connectivity index is 1.56. The molecular weight excluding hydrogens is 332 g/mol. The molecular formula is C18H18N6O2. The highest BCUT2D eigenvalue weighted by Gasteiger charge is 2.18. The van der Waals surface area contributed by atoms with Gasteiger partial charge in [-0.15, -0.1) is 0 Å². The van der Waals surface area contributed by atoms with Crippen LogP contribution in [0, 0.1) is 0 Å². The number of benzene rings is 1. The van der Waals surface area contributed by atoms with Crippen molar-refractivity contribution >= 4 is 22.2 Å². The number of H-pyrrole nitrogens is 1. The predicted octanol–water partition coefficient (Wildman–Crippen LogP) is 2.57. The van der Waals surface area contributed by atoms with Gasteiger partial charge in [0.25, 0.3) is 0 Å². The molecule has 4 heterocycles. The van der Waals surface area contributed by atoms with E-state index >= 15 is 0 Å². The van der Waals surface area contributed by atoms with Crippen LogP contribution in [0.4, 0.5) is 5.82 Å². The van der Waals surface area contributed by atoms with Crippen molar-refractivity contribution < 1.29 is 9.84 Å². The van der Waals surface area contributed by atoms with E-state index in [1.165, 1.54) is 6.33 Å². The van der Waals surface area contributed by atoms with Crippen molar-refractivity contribution in [3.8, 4) is 17.1 Å². The Morgan fingerprint density at radius 3 is 3.00 bits per heavy atom. The molecule has 0 amide bonds. The summed E-state index contributed by atoms with van der Waals surface area (Å²) in [5.74, 6) is 0.908. The van der Waals surface area contributed by atoms with Crippen LogP contribution in [0.1, 0.15) is 12.8 Å². The fourth-order valence-electron chi connectivity index (χ4n) is 3.43. The van der Waals surface area contributed by atoms with Crippen LogP contribution in [0.2, 0.25) is 0 Å². The molecule has 0 atom stereocenters. The number of hydrogen-bond donors (Lipinski definition) is 3. The summed E-state index contributed by atoms with van der Waals surface area (Å²) in [5, 5.41) is 19.4. The first-order valence-electron chi connectivity index (χ1n) is 8.63. The number of ether oxygens (including phenoxy) is 1. The summed E-state index contributed by atoms with van der Waals surface area (Å²) in [6.07, 6.45) is 7.03. The van der Waals surface area contributed by atoms with Gasteiger partial charge in [-0.05, 0) is 25.0 Å². The number of hydrogen-bond acceptors (Lipinski definition) is 6. The molecule has 1 aliphatic rings. The van der Waals surface area contributed by atoms with Crippen LogP contribution in [0.25, 0.3) is 27.7 Å². The summed E-state index contributed by atoms with van der Waals surface area (Å²) in [4.78, 5) is 11.8. The number of fused-ring (bicyclic) bond motifs is 2. The van der Waals surface area contributed by atoms with Crippen LogP contribution in [0.3, 0.4) is 0 Å². The van der Waals surface area contributed by atoms with Gasteiger partial charge in [-0.2, -0.15) is 5.10 Å². The van der Waals surface area contributed by atoms with Crippen LogP contribution in [-0.2, 0) is 4.74 Å². The summed E-state index contributed by atoms with van der Waals surface area (Å²) in [6, 6.07) is 6.16. The molecule has 5 rings (SSSR count). The van der Waals surface area contributed by atoms with Crippen molar-refractivity contribution in [2.75, 3.05) is 18.5 Å². The van der Waals surface area contributed by atoms with Crippen LogP contribution in [-0.4, -0.2) is 48.9 Å². The van der Waals surface area contributed by atoms with Gasteiger partial charge in [-0.1, -0.05) is 6.07 Å². The van der Waals surface area contributed by atoms with Crippen molar-refractivity contribution in [3.05, 3.63) is 36.9 Å². The average Bonchev–Trinajstić information content (AvgIpc) is 3.30. The fraction of sp³-hybridized carbons (Fsp3) is 0.278. The number of anilines is 1. The third-order valence-electron chi connectivity index (χ3n) is 4.83. The van der Waals surface area contributed by atoms with E-state index < -0.39 is 0 Å². The zero-order valence-corrected chi connectivity index (χ0v) is 14.0. The van der Waals surface area contributed by atoms with E-state index in [2.05, 4.69) is 25.4 Å². The second-order valence-electron chi connectivity index (χ2n) is 6.46. The van der Waals surface area contributed by atoms with Gasteiger partial charge in [-0.3, -0.25) is 0 Å². The fourth-order valence-corrected chi connectivity index (χ4v) is 3.43. The number of nitrogens with zero attached hydrogens (tertiary/aromatic N) is 4. The first-order valence-corrected chi connectivity index (χ1v) is 8.63. The first kappa shape index (κ1) is 15.2. The summed E-state index contributed by atoms with van der Waals surface area (Å²) >= 11 is 0. The number of rotatable bonds is 3. The summed E-state index contributed by atoms with van der Waals surface area (Å²) in [7, 11) is 0. The first-order chi connectivity index (χ1) is 12.8. The van der Waals surface area contributed by atoms with Crippen LogP contribution >= 0.6 is 0 Å². The largest absolute Gasteiger partial charge is 0.494 e. The van der Waals surface area contributed by atoms with E-state index in [1.54, 1.807) is 16.9 Å². The third kappa shape index (κ3) is 2.46. The molecule has 0 saturated carbocycles. The Kier molecular flexibility index (Phi) is 3.49. The Hall–Kier alpha value is -3.13. The maximum atomic E-state index is 9.79. The van der Waals surface area contributed by atoms with Crippen molar-refractivity contribution in [3.63, 3.8) is 0 Å². The molecule has 1 fully saturated rings.